The quantitative estimate of drug-likeness (QED) is 0.878. The summed E-state index contributed by atoms with van der Waals surface area (Å²) >= 11 is 1.77. The van der Waals surface area contributed by atoms with E-state index < -0.39 is 0 Å². The molecule has 0 spiro atoms. The standard InChI is InChI=1S/C20H22N4O2S/c21-12-14-2-1-3-15(10-14)13-22-19(25)16-4-5-18-17(11-16)23-20(27-18)24-6-8-26-9-7-24/h1-3,10,16H,4-9,11,13H2,(H,22,25). The zero-order valence-electron chi connectivity index (χ0n) is 15.1. The minimum absolute atomic E-state index is 0.0312. The molecule has 0 saturated carbocycles. The molecule has 1 fully saturated rings. The second-order valence-corrected chi connectivity index (χ2v) is 8.00. The van der Waals surface area contributed by atoms with Crippen molar-refractivity contribution in [2.45, 2.75) is 25.8 Å². The summed E-state index contributed by atoms with van der Waals surface area (Å²) in [6.45, 7) is 3.73. The second-order valence-electron chi connectivity index (χ2n) is 6.94. The van der Waals surface area contributed by atoms with Crippen molar-refractivity contribution in [3.8, 4) is 6.07 Å². The number of hydrogen-bond donors (Lipinski definition) is 1. The third kappa shape index (κ3) is 4.12. The highest BCUT2D eigenvalue weighted by Gasteiger charge is 2.28. The van der Waals surface area contributed by atoms with Crippen molar-refractivity contribution in [1.29, 1.82) is 5.26 Å². The number of amides is 1. The molecule has 6 nitrogen and oxygen atoms in total. The fraction of sp³-hybridized carbons (Fsp3) is 0.450. The number of hydrogen-bond acceptors (Lipinski definition) is 6. The van der Waals surface area contributed by atoms with Gasteiger partial charge in [-0.1, -0.05) is 12.1 Å². The molecular formula is C20H22N4O2S. The lowest BCUT2D eigenvalue weighted by Gasteiger charge is -2.26. The number of fused-ring (bicyclic) bond motifs is 1. The predicted molar refractivity (Wildman–Crippen MR) is 104 cm³/mol. The Labute approximate surface area is 162 Å². The molecule has 1 amide bonds. The van der Waals surface area contributed by atoms with Crippen molar-refractivity contribution in [2.75, 3.05) is 31.2 Å². The van der Waals surface area contributed by atoms with Crippen molar-refractivity contribution < 1.29 is 9.53 Å². The maximum atomic E-state index is 12.6. The van der Waals surface area contributed by atoms with Gasteiger partial charge in [0.25, 0.3) is 0 Å². The van der Waals surface area contributed by atoms with Gasteiger partial charge in [-0.25, -0.2) is 4.98 Å². The number of anilines is 1. The van der Waals surface area contributed by atoms with E-state index >= 15 is 0 Å². The van der Waals surface area contributed by atoms with Crippen LogP contribution in [0, 0.1) is 17.2 Å². The van der Waals surface area contributed by atoms with E-state index in [2.05, 4.69) is 16.3 Å². The number of ether oxygens (including phenoxy) is 1. The molecule has 2 heterocycles. The molecule has 1 atom stereocenters. The number of carbonyl (C=O) groups excluding carboxylic acids is 1. The van der Waals surface area contributed by atoms with Crippen LogP contribution in [0.15, 0.2) is 24.3 Å². The van der Waals surface area contributed by atoms with Gasteiger partial charge in [0.15, 0.2) is 5.13 Å². The summed E-state index contributed by atoms with van der Waals surface area (Å²) < 4.78 is 5.41. The zero-order valence-corrected chi connectivity index (χ0v) is 15.9. The molecule has 1 unspecified atom stereocenters. The predicted octanol–water partition coefficient (Wildman–Crippen LogP) is 2.27. The molecule has 1 saturated heterocycles. The Morgan fingerprint density at radius 2 is 2.26 bits per heavy atom. The normalized spacial score (nSPS) is 19.2. The van der Waals surface area contributed by atoms with Gasteiger partial charge in [0, 0.05) is 36.9 Å². The van der Waals surface area contributed by atoms with Crippen LogP contribution in [-0.2, 0) is 28.9 Å². The molecule has 2 aliphatic rings. The summed E-state index contributed by atoms with van der Waals surface area (Å²) in [6.07, 6.45) is 2.49. The molecule has 1 N–H and O–H groups in total. The van der Waals surface area contributed by atoms with Crippen molar-refractivity contribution in [2.24, 2.45) is 5.92 Å². The summed E-state index contributed by atoms with van der Waals surface area (Å²) in [7, 11) is 0. The van der Waals surface area contributed by atoms with Crippen LogP contribution < -0.4 is 10.2 Å². The van der Waals surface area contributed by atoms with Gasteiger partial charge in [-0.2, -0.15) is 5.26 Å². The van der Waals surface area contributed by atoms with E-state index in [4.69, 9.17) is 15.0 Å². The molecule has 4 rings (SSSR count). The third-order valence-electron chi connectivity index (χ3n) is 5.10. The molecule has 2 aromatic rings. The SMILES string of the molecule is N#Cc1cccc(CNC(=O)C2CCc3sc(N4CCOCC4)nc3C2)c1. The molecule has 0 radical (unpaired) electrons. The van der Waals surface area contributed by atoms with Crippen molar-refractivity contribution >= 4 is 22.4 Å². The molecule has 27 heavy (non-hydrogen) atoms. The van der Waals surface area contributed by atoms with Crippen LogP contribution in [0.3, 0.4) is 0 Å². The average molecular weight is 382 g/mol. The number of nitriles is 1. The largest absolute Gasteiger partial charge is 0.378 e. The summed E-state index contributed by atoms with van der Waals surface area (Å²) in [5, 5.41) is 13.1. The number of carbonyl (C=O) groups is 1. The smallest absolute Gasteiger partial charge is 0.223 e. The Morgan fingerprint density at radius 1 is 1.41 bits per heavy atom. The molecule has 1 aromatic carbocycles. The van der Waals surface area contributed by atoms with Gasteiger partial charge in [0.05, 0.1) is 30.5 Å². The van der Waals surface area contributed by atoms with Crippen LogP contribution in [0.25, 0.3) is 0 Å². The highest BCUT2D eigenvalue weighted by Crippen LogP contribution is 2.34. The van der Waals surface area contributed by atoms with Gasteiger partial charge in [-0.05, 0) is 30.5 Å². The Bertz CT molecular complexity index is 867. The first-order valence-electron chi connectivity index (χ1n) is 9.31. The van der Waals surface area contributed by atoms with Crippen molar-refractivity contribution in [3.63, 3.8) is 0 Å². The fourth-order valence-electron chi connectivity index (χ4n) is 3.56. The monoisotopic (exact) mass is 382 g/mol. The maximum absolute atomic E-state index is 12.6. The van der Waals surface area contributed by atoms with Gasteiger partial charge in [-0.3, -0.25) is 4.79 Å². The number of aryl methyl sites for hydroxylation is 1. The van der Waals surface area contributed by atoms with E-state index in [0.29, 0.717) is 18.5 Å². The summed E-state index contributed by atoms with van der Waals surface area (Å²) in [5.74, 6) is 0.0419. The molecule has 1 aliphatic heterocycles. The van der Waals surface area contributed by atoms with E-state index in [1.54, 1.807) is 17.4 Å². The van der Waals surface area contributed by atoms with Crippen molar-refractivity contribution in [3.05, 3.63) is 46.0 Å². The van der Waals surface area contributed by atoms with E-state index in [1.165, 1.54) is 4.88 Å². The van der Waals surface area contributed by atoms with Gasteiger partial charge >= 0.3 is 0 Å². The van der Waals surface area contributed by atoms with Crippen LogP contribution >= 0.6 is 11.3 Å². The minimum atomic E-state index is -0.0312. The number of thiazole rings is 1. The number of nitrogens with one attached hydrogen (secondary N) is 1. The van der Waals surface area contributed by atoms with Crippen LogP contribution in [0.1, 0.15) is 28.1 Å². The maximum Gasteiger partial charge on any atom is 0.223 e. The summed E-state index contributed by atoms with van der Waals surface area (Å²) in [4.78, 5) is 21.0. The van der Waals surface area contributed by atoms with Crippen molar-refractivity contribution in [1.82, 2.24) is 10.3 Å². The van der Waals surface area contributed by atoms with E-state index in [-0.39, 0.29) is 11.8 Å². The number of aromatic nitrogens is 1. The van der Waals surface area contributed by atoms with E-state index in [1.807, 2.05) is 18.2 Å². The first kappa shape index (κ1) is 18.0. The number of nitrogens with zero attached hydrogens (tertiary/aromatic N) is 3. The molecule has 140 valence electrons. The zero-order chi connectivity index (χ0) is 18.6. The van der Waals surface area contributed by atoms with E-state index in [9.17, 15) is 4.79 Å². The van der Waals surface area contributed by atoms with Gasteiger partial charge in [0.2, 0.25) is 5.91 Å². The molecule has 1 aromatic heterocycles. The third-order valence-corrected chi connectivity index (χ3v) is 6.32. The Morgan fingerprint density at radius 3 is 3.07 bits per heavy atom. The van der Waals surface area contributed by atoms with Gasteiger partial charge in [0.1, 0.15) is 0 Å². The lowest BCUT2D eigenvalue weighted by Crippen LogP contribution is -2.36. The lowest BCUT2D eigenvalue weighted by atomic mass is 9.90. The van der Waals surface area contributed by atoms with Crippen LogP contribution in [0.2, 0.25) is 0 Å². The molecule has 0 bridgehead atoms. The number of rotatable bonds is 4. The average Bonchev–Trinajstić information content (AvgIpc) is 3.16. The Kier molecular flexibility index (Phi) is 5.37. The minimum Gasteiger partial charge on any atom is -0.378 e. The Hall–Kier alpha value is -2.43. The molecule has 1 aliphatic carbocycles. The topological polar surface area (TPSA) is 78.2 Å². The highest BCUT2D eigenvalue weighted by molar-refractivity contribution is 7.15. The highest BCUT2D eigenvalue weighted by atomic mass is 32.1. The van der Waals surface area contributed by atoms with Crippen LogP contribution in [0.4, 0.5) is 5.13 Å². The first-order chi connectivity index (χ1) is 13.2. The van der Waals surface area contributed by atoms with Crippen LogP contribution in [0.5, 0.6) is 0 Å². The second kappa shape index (κ2) is 8.07. The number of benzene rings is 1. The lowest BCUT2D eigenvalue weighted by molar-refractivity contribution is -0.125. The van der Waals surface area contributed by atoms with Crippen LogP contribution in [-0.4, -0.2) is 37.2 Å². The first-order valence-corrected chi connectivity index (χ1v) is 10.1. The molecular weight excluding hydrogens is 360 g/mol. The van der Waals surface area contributed by atoms with E-state index in [0.717, 1.165) is 55.5 Å². The fourth-order valence-corrected chi connectivity index (χ4v) is 4.72. The number of morpholine rings is 1. The summed E-state index contributed by atoms with van der Waals surface area (Å²) in [5.41, 5.74) is 2.64. The molecule has 7 heteroatoms. The summed E-state index contributed by atoms with van der Waals surface area (Å²) in [6, 6.07) is 9.48. The Balaban J connectivity index is 1.36. The van der Waals surface area contributed by atoms with Gasteiger partial charge in [-0.15, -0.1) is 11.3 Å². The van der Waals surface area contributed by atoms with Gasteiger partial charge < -0.3 is 15.0 Å².